The van der Waals surface area contributed by atoms with E-state index in [9.17, 15) is 14.4 Å². The predicted octanol–water partition coefficient (Wildman–Crippen LogP) is 1.98. The molecule has 3 amide bonds. The van der Waals surface area contributed by atoms with Crippen LogP contribution in [-0.4, -0.2) is 46.3 Å². The Morgan fingerprint density at radius 3 is 2.04 bits per heavy atom. The van der Waals surface area contributed by atoms with E-state index >= 15 is 0 Å². The number of imide groups is 1. The van der Waals surface area contributed by atoms with Gasteiger partial charge in [0.25, 0.3) is 0 Å². The first kappa shape index (κ1) is 19.3. The Kier molecular flexibility index (Phi) is 5.17. The molecule has 0 spiro atoms. The molecule has 0 radical (unpaired) electrons. The number of rotatable bonds is 4. The summed E-state index contributed by atoms with van der Waals surface area (Å²) in [6.45, 7) is 8.81. The molecule has 0 aromatic rings. The average molecular weight is 364 g/mol. The Labute approximate surface area is 156 Å². The molecule has 0 unspecified atom stereocenters. The van der Waals surface area contributed by atoms with E-state index in [1.165, 1.54) is 4.90 Å². The van der Waals surface area contributed by atoms with Gasteiger partial charge in [-0.3, -0.25) is 19.3 Å². The molecule has 6 nitrogen and oxygen atoms in total. The van der Waals surface area contributed by atoms with Gasteiger partial charge in [0.05, 0.1) is 11.8 Å². The second-order valence-electron chi connectivity index (χ2n) is 9.64. The summed E-state index contributed by atoms with van der Waals surface area (Å²) in [4.78, 5) is 38.8. The third-order valence-corrected chi connectivity index (χ3v) is 6.05. The number of carbonyl (C=O) groups is 3. The lowest BCUT2D eigenvalue weighted by Crippen LogP contribution is -2.62. The highest BCUT2D eigenvalue weighted by Gasteiger charge is 2.48. The fourth-order valence-corrected chi connectivity index (χ4v) is 5.39. The SMILES string of the molecule is CC1(C)CC(NC(=O)CCN2C(=O)[C@H]3CCCC[C@@H]3C2=O)CC(C)(C)N1. The van der Waals surface area contributed by atoms with Crippen molar-refractivity contribution in [1.82, 2.24) is 15.5 Å². The zero-order valence-electron chi connectivity index (χ0n) is 16.6. The summed E-state index contributed by atoms with van der Waals surface area (Å²) in [7, 11) is 0. The van der Waals surface area contributed by atoms with Crippen LogP contribution in [0.25, 0.3) is 0 Å². The van der Waals surface area contributed by atoms with Gasteiger partial charge in [-0.2, -0.15) is 0 Å². The van der Waals surface area contributed by atoms with E-state index in [1.54, 1.807) is 0 Å². The Morgan fingerprint density at radius 2 is 1.54 bits per heavy atom. The molecule has 2 aliphatic heterocycles. The lowest BCUT2D eigenvalue weighted by molar-refractivity contribution is -0.140. The molecule has 2 atom stereocenters. The summed E-state index contributed by atoms with van der Waals surface area (Å²) in [6, 6.07) is 0.112. The average Bonchev–Trinajstić information content (AvgIpc) is 2.74. The molecule has 3 aliphatic rings. The minimum Gasteiger partial charge on any atom is -0.353 e. The number of fused-ring (bicyclic) bond motifs is 1. The van der Waals surface area contributed by atoms with Crippen LogP contribution in [0, 0.1) is 11.8 Å². The summed E-state index contributed by atoms with van der Waals surface area (Å²) < 4.78 is 0. The Hall–Kier alpha value is -1.43. The summed E-state index contributed by atoms with van der Waals surface area (Å²) in [5.41, 5.74) is -0.0629. The number of likely N-dealkylation sites (tertiary alicyclic amines) is 1. The molecule has 6 heteroatoms. The molecule has 3 rings (SSSR count). The molecule has 2 N–H and O–H groups in total. The van der Waals surface area contributed by atoms with Gasteiger partial charge >= 0.3 is 0 Å². The molecule has 26 heavy (non-hydrogen) atoms. The molecule has 0 aromatic carbocycles. The zero-order valence-corrected chi connectivity index (χ0v) is 16.6. The van der Waals surface area contributed by atoms with Crippen LogP contribution >= 0.6 is 0 Å². The minimum atomic E-state index is -0.134. The summed E-state index contributed by atoms with van der Waals surface area (Å²) in [5, 5.41) is 6.72. The van der Waals surface area contributed by atoms with Crippen LogP contribution in [0.2, 0.25) is 0 Å². The smallest absolute Gasteiger partial charge is 0.233 e. The Balaban J connectivity index is 1.53. The van der Waals surface area contributed by atoms with Gasteiger partial charge in [0.15, 0.2) is 0 Å². The topological polar surface area (TPSA) is 78.5 Å². The van der Waals surface area contributed by atoms with Crippen LogP contribution in [0.15, 0.2) is 0 Å². The number of amides is 3. The molecular formula is C20H33N3O3. The fourth-order valence-electron chi connectivity index (χ4n) is 5.39. The lowest BCUT2D eigenvalue weighted by Gasteiger charge is -2.46. The van der Waals surface area contributed by atoms with E-state index in [2.05, 4.69) is 38.3 Å². The van der Waals surface area contributed by atoms with Crippen LogP contribution < -0.4 is 10.6 Å². The maximum atomic E-state index is 12.5. The van der Waals surface area contributed by atoms with Crippen molar-refractivity contribution in [1.29, 1.82) is 0 Å². The van der Waals surface area contributed by atoms with Gasteiger partial charge in [-0.15, -0.1) is 0 Å². The molecule has 0 aromatic heterocycles. The van der Waals surface area contributed by atoms with Crippen LogP contribution in [0.5, 0.6) is 0 Å². The van der Waals surface area contributed by atoms with Crippen molar-refractivity contribution in [3.05, 3.63) is 0 Å². The molecule has 1 aliphatic carbocycles. The molecule has 0 bridgehead atoms. The van der Waals surface area contributed by atoms with E-state index in [4.69, 9.17) is 0 Å². The van der Waals surface area contributed by atoms with Crippen LogP contribution in [-0.2, 0) is 14.4 Å². The second-order valence-corrected chi connectivity index (χ2v) is 9.64. The van der Waals surface area contributed by atoms with Gasteiger partial charge in [-0.1, -0.05) is 12.8 Å². The molecular weight excluding hydrogens is 330 g/mol. The van der Waals surface area contributed by atoms with Crippen molar-refractivity contribution in [2.45, 2.75) is 89.8 Å². The third-order valence-electron chi connectivity index (χ3n) is 6.05. The zero-order chi connectivity index (χ0) is 19.1. The molecule has 2 heterocycles. The minimum absolute atomic E-state index is 0.0315. The summed E-state index contributed by atoms with van der Waals surface area (Å²) >= 11 is 0. The maximum absolute atomic E-state index is 12.5. The number of hydrogen-bond acceptors (Lipinski definition) is 4. The van der Waals surface area contributed by atoms with Crippen molar-refractivity contribution in [3.8, 4) is 0 Å². The Morgan fingerprint density at radius 1 is 1.04 bits per heavy atom. The Bertz CT molecular complexity index is 559. The van der Waals surface area contributed by atoms with Crippen LogP contribution in [0.1, 0.15) is 72.6 Å². The first-order valence-electron chi connectivity index (χ1n) is 10.0. The van der Waals surface area contributed by atoms with Crippen LogP contribution in [0.3, 0.4) is 0 Å². The van der Waals surface area contributed by atoms with E-state index in [0.717, 1.165) is 38.5 Å². The summed E-state index contributed by atoms with van der Waals surface area (Å²) in [5.74, 6) is -0.456. The standard InChI is InChI=1S/C20H33N3O3/c1-19(2)11-13(12-20(3,4)22-19)21-16(24)9-10-23-17(25)14-7-5-6-8-15(14)18(23)26/h13-15,22H,5-12H2,1-4H3,(H,21,24)/t14-,15-/m0/s1. The van der Waals surface area contributed by atoms with E-state index < -0.39 is 0 Å². The molecule has 3 fully saturated rings. The van der Waals surface area contributed by atoms with Gasteiger partial charge < -0.3 is 10.6 Å². The van der Waals surface area contributed by atoms with Gasteiger partial charge in [0, 0.05) is 30.1 Å². The normalized spacial score (nSPS) is 31.0. The second kappa shape index (κ2) is 6.95. The quantitative estimate of drug-likeness (QED) is 0.749. The largest absolute Gasteiger partial charge is 0.353 e. The number of piperidine rings is 1. The van der Waals surface area contributed by atoms with Gasteiger partial charge in [0.1, 0.15) is 0 Å². The lowest BCUT2D eigenvalue weighted by atomic mass is 9.79. The molecule has 2 saturated heterocycles. The van der Waals surface area contributed by atoms with Gasteiger partial charge in [-0.05, 0) is 53.4 Å². The van der Waals surface area contributed by atoms with Gasteiger partial charge in [-0.25, -0.2) is 0 Å². The molecule has 146 valence electrons. The van der Waals surface area contributed by atoms with Crippen molar-refractivity contribution in [3.63, 3.8) is 0 Å². The number of carbonyl (C=O) groups excluding carboxylic acids is 3. The first-order valence-corrected chi connectivity index (χ1v) is 10.0. The maximum Gasteiger partial charge on any atom is 0.233 e. The highest BCUT2D eigenvalue weighted by Crippen LogP contribution is 2.38. The predicted molar refractivity (Wildman–Crippen MR) is 99.2 cm³/mol. The third kappa shape index (κ3) is 4.11. The highest BCUT2D eigenvalue weighted by atomic mass is 16.2. The first-order chi connectivity index (χ1) is 12.1. The number of hydrogen-bond donors (Lipinski definition) is 2. The van der Waals surface area contributed by atoms with E-state index in [1.807, 2.05) is 0 Å². The van der Waals surface area contributed by atoms with Gasteiger partial charge in [0.2, 0.25) is 17.7 Å². The fraction of sp³-hybridized carbons (Fsp3) is 0.850. The van der Waals surface area contributed by atoms with Crippen molar-refractivity contribution in [2.75, 3.05) is 6.54 Å². The van der Waals surface area contributed by atoms with Crippen molar-refractivity contribution in [2.24, 2.45) is 11.8 Å². The van der Waals surface area contributed by atoms with E-state index in [-0.39, 0.29) is 59.6 Å². The molecule has 1 saturated carbocycles. The number of nitrogens with one attached hydrogen (secondary N) is 2. The van der Waals surface area contributed by atoms with Crippen molar-refractivity contribution < 1.29 is 14.4 Å². The number of nitrogens with zero attached hydrogens (tertiary/aromatic N) is 1. The summed E-state index contributed by atoms with van der Waals surface area (Å²) in [6.07, 6.45) is 5.61. The highest BCUT2D eigenvalue weighted by molar-refractivity contribution is 6.05. The van der Waals surface area contributed by atoms with Crippen molar-refractivity contribution >= 4 is 17.7 Å². The monoisotopic (exact) mass is 363 g/mol. The van der Waals surface area contributed by atoms with E-state index in [0.29, 0.717) is 0 Å². The van der Waals surface area contributed by atoms with Crippen LogP contribution in [0.4, 0.5) is 0 Å².